The van der Waals surface area contributed by atoms with Crippen LogP contribution in [0, 0.1) is 5.92 Å². The van der Waals surface area contributed by atoms with E-state index in [1.165, 1.54) is 23.4 Å². The number of rotatable bonds is 8. The van der Waals surface area contributed by atoms with Crippen molar-refractivity contribution >= 4 is 47.1 Å². The molecule has 286 valence electrons. The van der Waals surface area contributed by atoms with Crippen LogP contribution in [0.1, 0.15) is 70.5 Å². The fraction of sp³-hybridized carbons (Fsp3) is 0.600. The summed E-state index contributed by atoms with van der Waals surface area (Å²) in [7, 11) is 1.69. The van der Waals surface area contributed by atoms with Crippen molar-refractivity contribution in [1.29, 1.82) is 0 Å². The number of carbonyl (C=O) groups excluding carboxylic acids is 3. The summed E-state index contributed by atoms with van der Waals surface area (Å²) >= 11 is 0. The number of nitrogens with zero attached hydrogens (tertiary/aromatic N) is 3. The molecule has 5 rings (SSSR count). The van der Waals surface area contributed by atoms with E-state index >= 15 is 0 Å². The van der Waals surface area contributed by atoms with Crippen LogP contribution in [0.2, 0.25) is 0 Å². The summed E-state index contributed by atoms with van der Waals surface area (Å²) in [5, 5.41) is 11.1. The molecule has 3 atom stereocenters. The second-order valence-corrected chi connectivity index (χ2v) is 15.3. The van der Waals surface area contributed by atoms with Crippen LogP contribution < -0.4 is 26.2 Å². The molecule has 0 bridgehead atoms. The third kappa shape index (κ3) is 10.1. The average Bonchev–Trinajstić information content (AvgIpc) is 3.62. The fourth-order valence-electron chi connectivity index (χ4n) is 6.44. The Balaban J connectivity index is 1.42. The van der Waals surface area contributed by atoms with Gasteiger partial charge in [-0.2, -0.15) is 13.2 Å². The van der Waals surface area contributed by atoms with Crippen LogP contribution >= 0.6 is 0 Å². The number of ether oxygens (including phenoxy) is 3. The lowest BCUT2D eigenvalue weighted by atomic mass is 9.93. The van der Waals surface area contributed by atoms with Crippen molar-refractivity contribution in [1.82, 2.24) is 15.2 Å². The molecule has 4 N–H and O–H groups in total. The zero-order valence-corrected chi connectivity index (χ0v) is 30.5. The van der Waals surface area contributed by atoms with Gasteiger partial charge in [-0.15, -0.1) is 0 Å². The minimum atomic E-state index is -4.56. The molecule has 2 aromatic heterocycles. The second-order valence-electron chi connectivity index (χ2n) is 15.3. The highest BCUT2D eigenvalue weighted by Gasteiger charge is 2.45. The summed E-state index contributed by atoms with van der Waals surface area (Å²) in [5.41, 5.74) is -0.0539. The first-order chi connectivity index (χ1) is 24.3. The molecule has 0 spiro atoms. The van der Waals surface area contributed by atoms with Crippen molar-refractivity contribution in [2.75, 3.05) is 67.2 Å². The SMILES string of the molecule is COC1CCN(CC2=Cc3oc(NC(=O)OC(C)(C)C)c(C(=O)Nc4cnccc4N4C[C@@H](NC(=O)OC(C)(C)C)C[C@@H](C(F)(F)F)C4)c3NC2)C1. The number of alkyl carbamates (subject to hydrolysis) is 1. The summed E-state index contributed by atoms with van der Waals surface area (Å²) in [6, 6.07) is 0.576. The number of pyridine rings is 1. The first-order valence-corrected chi connectivity index (χ1v) is 17.2. The number of anilines is 4. The maximum atomic E-state index is 14.2. The summed E-state index contributed by atoms with van der Waals surface area (Å²) in [6.07, 6.45) is -0.966. The number of furan rings is 1. The molecule has 0 aromatic carbocycles. The average molecular weight is 736 g/mol. The predicted octanol–water partition coefficient (Wildman–Crippen LogP) is 6.09. The Morgan fingerprint density at radius 3 is 2.38 bits per heavy atom. The molecule has 0 aliphatic carbocycles. The number of hydrogen-bond acceptors (Lipinski definition) is 11. The van der Waals surface area contributed by atoms with Gasteiger partial charge in [0.2, 0.25) is 5.88 Å². The summed E-state index contributed by atoms with van der Waals surface area (Å²) in [6.45, 7) is 12.3. The van der Waals surface area contributed by atoms with Gasteiger partial charge in [0.25, 0.3) is 5.91 Å². The molecule has 3 amide bonds. The highest BCUT2D eigenvalue weighted by atomic mass is 19.4. The maximum absolute atomic E-state index is 14.2. The van der Waals surface area contributed by atoms with Crippen molar-refractivity contribution in [3.63, 3.8) is 0 Å². The van der Waals surface area contributed by atoms with Gasteiger partial charge in [-0.25, -0.2) is 9.59 Å². The topological polar surface area (TPSA) is 160 Å². The molecule has 0 radical (unpaired) electrons. The molecular formula is C35H48F3N7O7. The molecule has 5 heterocycles. The lowest BCUT2D eigenvalue weighted by Crippen LogP contribution is -2.54. The third-order valence-electron chi connectivity index (χ3n) is 8.61. The Labute approximate surface area is 300 Å². The van der Waals surface area contributed by atoms with Gasteiger partial charge in [-0.1, -0.05) is 0 Å². The number of aromatic nitrogens is 1. The van der Waals surface area contributed by atoms with E-state index in [1.807, 2.05) is 6.08 Å². The van der Waals surface area contributed by atoms with Gasteiger partial charge in [-0.05, 0) is 72.1 Å². The fourth-order valence-corrected chi connectivity index (χ4v) is 6.44. The number of halogens is 3. The van der Waals surface area contributed by atoms with Gasteiger partial charge >= 0.3 is 18.4 Å². The number of amides is 3. The lowest BCUT2D eigenvalue weighted by molar-refractivity contribution is -0.177. The minimum Gasteiger partial charge on any atom is -0.444 e. The Hall–Kier alpha value is -4.51. The zero-order chi connectivity index (χ0) is 38.0. The standard InChI is InChI=1S/C35H48F3N7O7/c1-33(2,3)51-31(47)41-22-13-21(35(36,37)38)17-45(18-22)25-8-10-39-15-24(25)42-29(46)27-28-26(50-30(27)43-32(48)52-34(4,5)6)12-20(14-40-28)16-44-11-9-23(19-44)49-7/h8,10,12,15,21-23,40H,9,11,13-14,16-19H2,1-7H3,(H,41,47)(H,42,46)(H,43,48)/t21-,22+,23?/m1/s1. The highest BCUT2D eigenvalue weighted by molar-refractivity contribution is 6.14. The first-order valence-electron chi connectivity index (χ1n) is 17.2. The Morgan fingerprint density at radius 2 is 1.73 bits per heavy atom. The van der Waals surface area contributed by atoms with Crippen molar-refractivity contribution in [2.24, 2.45) is 5.92 Å². The van der Waals surface area contributed by atoms with E-state index in [2.05, 4.69) is 31.2 Å². The number of carbonyl (C=O) groups is 3. The van der Waals surface area contributed by atoms with Crippen LogP contribution in [-0.2, 0) is 14.2 Å². The van der Waals surface area contributed by atoms with Crippen LogP contribution in [-0.4, -0.2) is 104 Å². The lowest BCUT2D eigenvalue weighted by Gasteiger charge is -2.40. The molecule has 1 unspecified atom stereocenters. The molecular weight excluding hydrogens is 687 g/mol. The molecule has 52 heavy (non-hydrogen) atoms. The van der Waals surface area contributed by atoms with Crippen LogP contribution in [0.25, 0.3) is 6.08 Å². The molecule has 17 heteroatoms. The Morgan fingerprint density at radius 1 is 1.02 bits per heavy atom. The van der Waals surface area contributed by atoms with Gasteiger partial charge in [-0.3, -0.25) is 20.0 Å². The van der Waals surface area contributed by atoms with E-state index in [1.54, 1.807) is 48.7 Å². The molecule has 2 saturated heterocycles. The normalized spacial score (nSPS) is 21.1. The van der Waals surface area contributed by atoms with Gasteiger partial charge in [0.05, 0.1) is 41.3 Å². The Bertz CT molecular complexity index is 1660. The summed E-state index contributed by atoms with van der Waals surface area (Å²) in [4.78, 5) is 47.3. The van der Waals surface area contributed by atoms with Crippen LogP contribution in [0.15, 0.2) is 28.5 Å². The summed E-state index contributed by atoms with van der Waals surface area (Å²) in [5.74, 6) is -2.37. The van der Waals surface area contributed by atoms with E-state index in [-0.39, 0.29) is 41.9 Å². The minimum absolute atomic E-state index is 0.00252. The van der Waals surface area contributed by atoms with E-state index in [4.69, 9.17) is 18.6 Å². The van der Waals surface area contributed by atoms with Gasteiger partial charge in [0, 0.05) is 52.6 Å². The molecule has 0 saturated carbocycles. The van der Waals surface area contributed by atoms with E-state index in [9.17, 15) is 27.6 Å². The van der Waals surface area contributed by atoms with Crippen molar-refractivity contribution in [3.05, 3.63) is 35.4 Å². The van der Waals surface area contributed by atoms with Crippen LogP contribution in [0.4, 0.5) is 45.7 Å². The van der Waals surface area contributed by atoms with Gasteiger partial charge in [0.1, 0.15) is 16.8 Å². The van der Waals surface area contributed by atoms with Crippen molar-refractivity contribution in [2.45, 2.75) is 83.9 Å². The van der Waals surface area contributed by atoms with Crippen molar-refractivity contribution in [3.8, 4) is 0 Å². The van der Waals surface area contributed by atoms with Gasteiger partial charge in [0.15, 0.2) is 5.76 Å². The first kappa shape index (κ1) is 38.7. The number of alkyl halides is 3. The number of likely N-dealkylation sites (tertiary alicyclic amines) is 1. The third-order valence-corrected chi connectivity index (χ3v) is 8.61. The predicted molar refractivity (Wildman–Crippen MR) is 189 cm³/mol. The molecule has 2 aromatic rings. The highest BCUT2D eigenvalue weighted by Crippen LogP contribution is 2.40. The number of nitrogens with one attached hydrogen (secondary N) is 4. The number of methoxy groups -OCH3 is 1. The molecule has 3 aliphatic heterocycles. The van der Waals surface area contributed by atoms with Gasteiger partial charge < -0.3 is 39.5 Å². The van der Waals surface area contributed by atoms with Crippen LogP contribution in [0.3, 0.4) is 0 Å². The molecule has 14 nitrogen and oxygen atoms in total. The number of fused-ring (bicyclic) bond motifs is 1. The maximum Gasteiger partial charge on any atom is 0.414 e. The largest absolute Gasteiger partial charge is 0.444 e. The van der Waals surface area contributed by atoms with E-state index < -0.39 is 54.0 Å². The van der Waals surface area contributed by atoms with Crippen molar-refractivity contribution < 1.29 is 46.2 Å². The summed E-state index contributed by atoms with van der Waals surface area (Å²) < 4.78 is 64.7. The van der Waals surface area contributed by atoms with E-state index in [0.29, 0.717) is 24.5 Å². The number of piperidine rings is 1. The Kier molecular flexibility index (Phi) is 11.3. The quantitative estimate of drug-likeness (QED) is 0.249. The smallest absolute Gasteiger partial charge is 0.414 e. The second kappa shape index (κ2) is 15.2. The molecule has 2 fully saturated rings. The zero-order valence-electron chi connectivity index (χ0n) is 30.5. The van der Waals surface area contributed by atoms with E-state index in [0.717, 1.165) is 25.1 Å². The number of hydrogen-bond donors (Lipinski definition) is 4. The van der Waals surface area contributed by atoms with Crippen LogP contribution in [0.5, 0.6) is 0 Å². The molecule has 3 aliphatic rings. The monoisotopic (exact) mass is 735 g/mol.